The molecule has 1 unspecified atom stereocenters. The second-order valence-corrected chi connectivity index (χ2v) is 5.03. The topological polar surface area (TPSA) is 72.9 Å². The van der Waals surface area contributed by atoms with Crippen LogP contribution in [-0.4, -0.2) is 66.2 Å². The van der Waals surface area contributed by atoms with Gasteiger partial charge in [0.2, 0.25) is 5.91 Å². The van der Waals surface area contributed by atoms with E-state index in [0.717, 1.165) is 32.5 Å². The molecule has 2 aliphatic heterocycles. The minimum absolute atomic E-state index is 0.131. The fraction of sp³-hybridized carbons (Fsp3) is 0.833. The summed E-state index contributed by atoms with van der Waals surface area (Å²) >= 11 is 0. The van der Waals surface area contributed by atoms with Gasteiger partial charge in [-0.1, -0.05) is 0 Å². The van der Waals surface area contributed by atoms with Crippen LogP contribution in [0.1, 0.15) is 19.3 Å². The molecular weight excluding hydrogens is 234 g/mol. The zero-order valence-electron chi connectivity index (χ0n) is 10.6. The SMILES string of the molecule is O=C1CNC(=O)N1CCN1CCCC(CCO)C1. The summed E-state index contributed by atoms with van der Waals surface area (Å²) in [6, 6.07) is -0.274. The summed E-state index contributed by atoms with van der Waals surface area (Å²) in [5.74, 6) is 0.413. The lowest BCUT2D eigenvalue weighted by molar-refractivity contribution is -0.125. The second kappa shape index (κ2) is 6.15. The Balaban J connectivity index is 1.76. The number of hydrogen-bond donors (Lipinski definition) is 2. The van der Waals surface area contributed by atoms with Gasteiger partial charge in [0.25, 0.3) is 0 Å². The Kier molecular flexibility index (Phi) is 4.54. The van der Waals surface area contributed by atoms with E-state index in [1.807, 2.05) is 0 Å². The summed E-state index contributed by atoms with van der Waals surface area (Å²) < 4.78 is 0. The maximum Gasteiger partial charge on any atom is 0.324 e. The summed E-state index contributed by atoms with van der Waals surface area (Å²) in [5, 5.41) is 11.5. The van der Waals surface area contributed by atoms with Gasteiger partial charge in [0, 0.05) is 26.2 Å². The van der Waals surface area contributed by atoms with Crippen molar-refractivity contribution < 1.29 is 14.7 Å². The lowest BCUT2D eigenvalue weighted by atomic mass is 9.95. The molecule has 6 nitrogen and oxygen atoms in total. The van der Waals surface area contributed by atoms with Crippen LogP contribution in [0.3, 0.4) is 0 Å². The van der Waals surface area contributed by atoms with Crippen LogP contribution in [0.2, 0.25) is 0 Å². The first-order valence-corrected chi connectivity index (χ1v) is 6.62. The third kappa shape index (κ3) is 3.20. The largest absolute Gasteiger partial charge is 0.396 e. The van der Waals surface area contributed by atoms with E-state index >= 15 is 0 Å². The number of likely N-dealkylation sites (tertiary alicyclic amines) is 1. The van der Waals surface area contributed by atoms with Gasteiger partial charge in [0.1, 0.15) is 0 Å². The second-order valence-electron chi connectivity index (χ2n) is 5.03. The number of urea groups is 1. The molecule has 0 spiro atoms. The van der Waals surface area contributed by atoms with E-state index in [1.54, 1.807) is 0 Å². The molecule has 2 saturated heterocycles. The number of imide groups is 1. The summed E-state index contributed by atoms with van der Waals surface area (Å²) in [7, 11) is 0. The van der Waals surface area contributed by atoms with Crippen LogP contribution >= 0.6 is 0 Å². The number of nitrogens with one attached hydrogen (secondary N) is 1. The van der Waals surface area contributed by atoms with Crippen LogP contribution in [0.5, 0.6) is 0 Å². The first kappa shape index (κ1) is 13.3. The van der Waals surface area contributed by atoms with Crippen LogP contribution in [0.4, 0.5) is 4.79 Å². The Morgan fingerprint density at radius 1 is 1.33 bits per heavy atom. The van der Waals surface area contributed by atoms with Crippen LogP contribution in [0.15, 0.2) is 0 Å². The number of aliphatic hydroxyl groups excluding tert-OH is 1. The zero-order chi connectivity index (χ0) is 13.0. The molecule has 0 aromatic heterocycles. The monoisotopic (exact) mass is 255 g/mol. The van der Waals surface area contributed by atoms with E-state index in [9.17, 15) is 9.59 Å². The molecule has 2 N–H and O–H groups in total. The highest BCUT2D eigenvalue weighted by molar-refractivity contribution is 6.01. The van der Waals surface area contributed by atoms with Crippen molar-refractivity contribution >= 4 is 11.9 Å². The van der Waals surface area contributed by atoms with E-state index in [-0.39, 0.29) is 25.1 Å². The predicted molar refractivity (Wildman–Crippen MR) is 66.0 cm³/mol. The first-order valence-electron chi connectivity index (χ1n) is 6.62. The minimum Gasteiger partial charge on any atom is -0.396 e. The standard InChI is InChI=1S/C12H21N3O3/c16-7-3-10-2-1-4-14(9-10)5-6-15-11(17)8-13-12(15)18/h10,16H,1-9H2,(H,13,18). The van der Waals surface area contributed by atoms with Crippen molar-refractivity contribution in [3.05, 3.63) is 0 Å². The molecule has 6 heteroatoms. The minimum atomic E-state index is -0.274. The van der Waals surface area contributed by atoms with Crippen molar-refractivity contribution in [1.29, 1.82) is 0 Å². The average Bonchev–Trinajstić information content (AvgIpc) is 2.68. The molecule has 0 saturated carbocycles. The van der Waals surface area contributed by atoms with Crippen molar-refractivity contribution in [2.75, 3.05) is 39.3 Å². The Bertz CT molecular complexity index is 304. The lowest BCUT2D eigenvalue weighted by Gasteiger charge is -2.33. The van der Waals surface area contributed by atoms with Gasteiger partial charge in [-0.25, -0.2) is 4.79 Å². The van der Waals surface area contributed by atoms with Crippen LogP contribution < -0.4 is 5.32 Å². The number of carbonyl (C=O) groups excluding carboxylic acids is 2. The van der Waals surface area contributed by atoms with E-state index in [4.69, 9.17) is 5.11 Å². The molecule has 2 heterocycles. The molecule has 0 bridgehead atoms. The Morgan fingerprint density at radius 2 is 2.17 bits per heavy atom. The fourth-order valence-corrected chi connectivity index (χ4v) is 2.70. The normalized spacial score (nSPS) is 25.6. The molecule has 18 heavy (non-hydrogen) atoms. The quantitative estimate of drug-likeness (QED) is 0.658. The molecule has 2 fully saturated rings. The molecule has 2 aliphatic rings. The third-order valence-electron chi connectivity index (χ3n) is 3.72. The molecular formula is C12H21N3O3. The molecule has 0 aliphatic carbocycles. The highest BCUT2D eigenvalue weighted by Gasteiger charge is 2.29. The Morgan fingerprint density at radius 3 is 2.83 bits per heavy atom. The summed E-state index contributed by atoms with van der Waals surface area (Å²) in [6.07, 6.45) is 3.14. The average molecular weight is 255 g/mol. The molecule has 0 aromatic rings. The smallest absolute Gasteiger partial charge is 0.324 e. The van der Waals surface area contributed by atoms with Gasteiger partial charge in [0.05, 0.1) is 6.54 Å². The van der Waals surface area contributed by atoms with E-state index in [1.165, 1.54) is 11.3 Å². The predicted octanol–water partition coefficient (Wildman–Crippen LogP) is -0.367. The number of amides is 3. The van der Waals surface area contributed by atoms with E-state index < -0.39 is 0 Å². The van der Waals surface area contributed by atoms with Gasteiger partial charge in [-0.2, -0.15) is 0 Å². The number of hydrogen-bond acceptors (Lipinski definition) is 4. The zero-order valence-corrected chi connectivity index (χ0v) is 10.6. The molecule has 102 valence electrons. The fourth-order valence-electron chi connectivity index (χ4n) is 2.70. The van der Waals surface area contributed by atoms with Gasteiger partial charge in [-0.15, -0.1) is 0 Å². The van der Waals surface area contributed by atoms with Gasteiger partial charge >= 0.3 is 6.03 Å². The third-order valence-corrected chi connectivity index (χ3v) is 3.72. The van der Waals surface area contributed by atoms with Crippen LogP contribution in [-0.2, 0) is 4.79 Å². The maximum atomic E-state index is 11.4. The maximum absolute atomic E-state index is 11.4. The Hall–Kier alpha value is -1.14. The van der Waals surface area contributed by atoms with Gasteiger partial charge in [0.15, 0.2) is 0 Å². The molecule has 2 rings (SSSR count). The molecule has 3 amide bonds. The summed E-state index contributed by atoms with van der Waals surface area (Å²) in [6.45, 7) is 3.56. The number of rotatable bonds is 5. The molecule has 0 radical (unpaired) electrons. The highest BCUT2D eigenvalue weighted by Crippen LogP contribution is 2.19. The molecule has 0 aromatic carbocycles. The van der Waals surface area contributed by atoms with Gasteiger partial charge in [-0.05, 0) is 31.7 Å². The van der Waals surface area contributed by atoms with Gasteiger partial charge in [-0.3, -0.25) is 9.69 Å². The van der Waals surface area contributed by atoms with Crippen molar-refractivity contribution in [1.82, 2.24) is 15.1 Å². The highest BCUT2D eigenvalue weighted by atomic mass is 16.3. The van der Waals surface area contributed by atoms with E-state index in [2.05, 4.69) is 10.2 Å². The summed E-state index contributed by atoms with van der Waals surface area (Å²) in [4.78, 5) is 26.3. The van der Waals surface area contributed by atoms with Crippen LogP contribution in [0.25, 0.3) is 0 Å². The Labute approximate surface area is 107 Å². The molecule has 1 atom stereocenters. The van der Waals surface area contributed by atoms with Crippen molar-refractivity contribution in [2.24, 2.45) is 5.92 Å². The number of carbonyl (C=O) groups is 2. The lowest BCUT2D eigenvalue weighted by Crippen LogP contribution is -2.42. The van der Waals surface area contributed by atoms with Crippen molar-refractivity contribution in [2.45, 2.75) is 19.3 Å². The summed E-state index contributed by atoms with van der Waals surface area (Å²) in [5.41, 5.74) is 0. The van der Waals surface area contributed by atoms with Crippen molar-refractivity contribution in [3.63, 3.8) is 0 Å². The number of piperidine rings is 1. The van der Waals surface area contributed by atoms with E-state index in [0.29, 0.717) is 12.5 Å². The number of nitrogens with zero attached hydrogens (tertiary/aromatic N) is 2. The number of aliphatic hydroxyl groups is 1. The van der Waals surface area contributed by atoms with Crippen molar-refractivity contribution in [3.8, 4) is 0 Å². The first-order chi connectivity index (χ1) is 8.70. The van der Waals surface area contributed by atoms with Crippen LogP contribution in [0, 0.1) is 5.92 Å². The van der Waals surface area contributed by atoms with Gasteiger partial charge < -0.3 is 15.3 Å².